The van der Waals surface area contributed by atoms with Crippen molar-refractivity contribution >= 4 is 11.3 Å². The van der Waals surface area contributed by atoms with Gasteiger partial charge in [-0.1, -0.05) is 30.3 Å². The van der Waals surface area contributed by atoms with Gasteiger partial charge >= 0.3 is 0 Å². The maximum Gasteiger partial charge on any atom is 0.0586 e. The maximum atomic E-state index is 5.42. The molecule has 2 aromatic rings. The fourth-order valence-corrected chi connectivity index (χ4v) is 3.68. The van der Waals surface area contributed by atoms with Crippen LogP contribution in [-0.2, 0) is 11.3 Å². The van der Waals surface area contributed by atoms with Gasteiger partial charge in [-0.3, -0.25) is 0 Å². The largest absolute Gasteiger partial charge is 0.381 e. The number of thiophene rings is 1. The van der Waals surface area contributed by atoms with Gasteiger partial charge in [-0.2, -0.15) is 0 Å². The summed E-state index contributed by atoms with van der Waals surface area (Å²) in [5.74, 6) is 0. The first-order valence-electron chi connectivity index (χ1n) is 7.24. The number of benzene rings is 1. The predicted molar refractivity (Wildman–Crippen MR) is 85.0 cm³/mol. The molecule has 0 bridgehead atoms. The maximum absolute atomic E-state index is 5.42. The lowest BCUT2D eigenvalue weighted by Gasteiger charge is -2.11. The van der Waals surface area contributed by atoms with Gasteiger partial charge in [0.15, 0.2) is 0 Å². The van der Waals surface area contributed by atoms with Crippen molar-refractivity contribution in [3.8, 4) is 11.1 Å². The molecule has 1 aromatic heterocycles. The van der Waals surface area contributed by atoms with Crippen molar-refractivity contribution in [1.29, 1.82) is 0 Å². The molecule has 1 fully saturated rings. The Bertz CT molecular complexity index is 537. The minimum atomic E-state index is 0.454. The normalized spacial score (nSPS) is 22.2. The van der Waals surface area contributed by atoms with Crippen molar-refractivity contribution in [3.63, 3.8) is 0 Å². The van der Waals surface area contributed by atoms with Crippen molar-refractivity contribution in [1.82, 2.24) is 5.32 Å². The van der Waals surface area contributed by atoms with E-state index in [4.69, 9.17) is 4.74 Å². The lowest BCUT2D eigenvalue weighted by Crippen LogP contribution is -2.26. The summed E-state index contributed by atoms with van der Waals surface area (Å²) in [6.07, 6.45) is 4.02. The summed E-state index contributed by atoms with van der Waals surface area (Å²) in [4.78, 5) is 1.41. The van der Waals surface area contributed by atoms with E-state index in [1.807, 2.05) is 18.4 Å². The molecule has 1 aromatic carbocycles. The van der Waals surface area contributed by atoms with Gasteiger partial charge in [-0.15, -0.1) is 11.3 Å². The fourth-order valence-electron chi connectivity index (χ4n) is 2.84. The molecule has 0 radical (unpaired) electrons. The lowest BCUT2D eigenvalue weighted by atomic mass is 10.1. The van der Waals surface area contributed by atoms with Crippen molar-refractivity contribution in [2.45, 2.75) is 38.0 Å². The van der Waals surface area contributed by atoms with E-state index in [-0.39, 0.29) is 0 Å². The summed E-state index contributed by atoms with van der Waals surface area (Å²) in [5.41, 5.74) is 2.63. The number of nitrogens with one attached hydrogen (secondary N) is 1. The highest BCUT2D eigenvalue weighted by molar-refractivity contribution is 7.10. The first-order valence-corrected chi connectivity index (χ1v) is 8.12. The van der Waals surface area contributed by atoms with E-state index in [0.717, 1.165) is 13.0 Å². The van der Waals surface area contributed by atoms with Crippen LogP contribution in [0.25, 0.3) is 11.1 Å². The third-order valence-corrected chi connectivity index (χ3v) is 4.98. The van der Waals surface area contributed by atoms with Crippen LogP contribution in [0.2, 0.25) is 0 Å². The number of methoxy groups -OCH3 is 1. The zero-order valence-corrected chi connectivity index (χ0v) is 12.7. The van der Waals surface area contributed by atoms with Gasteiger partial charge in [0, 0.05) is 24.6 Å². The van der Waals surface area contributed by atoms with Gasteiger partial charge in [0.25, 0.3) is 0 Å². The van der Waals surface area contributed by atoms with E-state index in [2.05, 4.69) is 47.1 Å². The van der Waals surface area contributed by atoms with Crippen LogP contribution in [0.4, 0.5) is 0 Å². The highest BCUT2D eigenvalue weighted by atomic mass is 32.1. The minimum absolute atomic E-state index is 0.454. The molecule has 3 rings (SSSR count). The minimum Gasteiger partial charge on any atom is -0.381 e. The van der Waals surface area contributed by atoms with E-state index in [1.54, 1.807) is 0 Å². The molecule has 20 heavy (non-hydrogen) atoms. The fraction of sp³-hybridized carbons (Fsp3) is 0.412. The Balaban J connectivity index is 1.56. The summed E-state index contributed by atoms with van der Waals surface area (Å²) in [5, 5.41) is 5.91. The molecule has 1 heterocycles. The highest BCUT2D eigenvalue weighted by Gasteiger charge is 2.23. The van der Waals surface area contributed by atoms with Gasteiger partial charge in [0.1, 0.15) is 0 Å². The predicted octanol–water partition coefficient (Wildman–Crippen LogP) is 4.07. The Morgan fingerprint density at radius 3 is 2.80 bits per heavy atom. The van der Waals surface area contributed by atoms with Crippen LogP contribution in [0.3, 0.4) is 0 Å². The molecule has 0 aliphatic heterocycles. The number of hydrogen-bond acceptors (Lipinski definition) is 3. The molecule has 2 atom stereocenters. The first-order chi connectivity index (χ1) is 9.85. The summed E-state index contributed by atoms with van der Waals surface area (Å²) < 4.78 is 5.42. The third-order valence-electron chi connectivity index (χ3n) is 4.04. The van der Waals surface area contributed by atoms with E-state index in [9.17, 15) is 0 Å². The van der Waals surface area contributed by atoms with Crippen molar-refractivity contribution in [2.24, 2.45) is 0 Å². The molecular weight excluding hydrogens is 266 g/mol. The molecular formula is C17H21NOS. The quantitative estimate of drug-likeness (QED) is 0.895. The van der Waals surface area contributed by atoms with Crippen LogP contribution in [0, 0.1) is 0 Å². The number of rotatable bonds is 5. The Kier molecular flexibility index (Phi) is 4.51. The SMILES string of the molecule is COC1CCC(NCc2cc(-c3ccccc3)cs2)C1. The van der Waals surface area contributed by atoms with Gasteiger partial charge in [-0.05, 0) is 41.8 Å². The van der Waals surface area contributed by atoms with Crippen molar-refractivity contribution in [2.75, 3.05) is 7.11 Å². The van der Waals surface area contributed by atoms with Gasteiger partial charge < -0.3 is 10.1 Å². The van der Waals surface area contributed by atoms with Crippen LogP contribution in [0.5, 0.6) is 0 Å². The Morgan fingerprint density at radius 1 is 1.20 bits per heavy atom. The summed E-state index contributed by atoms with van der Waals surface area (Å²) in [7, 11) is 1.82. The second-order valence-corrected chi connectivity index (χ2v) is 6.41. The van der Waals surface area contributed by atoms with Gasteiger partial charge in [-0.25, -0.2) is 0 Å². The molecule has 2 unspecified atom stereocenters. The lowest BCUT2D eigenvalue weighted by molar-refractivity contribution is 0.107. The Morgan fingerprint density at radius 2 is 2.05 bits per heavy atom. The molecule has 3 heteroatoms. The molecule has 0 amide bonds. The third kappa shape index (κ3) is 3.29. The zero-order chi connectivity index (χ0) is 13.8. The molecule has 2 nitrogen and oxygen atoms in total. The number of ether oxygens (including phenoxy) is 1. The van der Waals surface area contributed by atoms with Crippen LogP contribution >= 0.6 is 11.3 Å². The monoisotopic (exact) mass is 287 g/mol. The number of hydrogen-bond donors (Lipinski definition) is 1. The Labute approximate surface area is 124 Å². The van der Waals surface area contributed by atoms with Gasteiger partial charge in [0.2, 0.25) is 0 Å². The second-order valence-electron chi connectivity index (χ2n) is 5.42. The zero-order valence-electron chi connectivity index (χ0n) is 11.8. The topological polar surface area (TPSA) is 21.3 Å². The standard InChI is InChI=1S/C17H21NOS/c1-19-16-8-7-15(10-16)18-11-17-9-14(12-20-17)13-5-3-2-4-6-13/h2-6,9,12,15-16,18H,7-8,10-11H2,1H3. The molecule has 0 spiro atoms. The average molecular weight is 287 g/mol. The summed E-state index contributed by atoms with van der Waals surface area (Å²) >= 11 is 1.84. The van der Waals surface area contributed by atoms with Crippen LogP contribution in [-0.4, -0.2) is 19.3 Å². The molecule has 1 saturated carbocycles. The average Bonchev–Trinajstić information content (AvgIpc) is 3.15. The van der Waals surface area contributed by atoms with E-state index >= 15 is 0 Å². The summed E-state index contributed by atoms with van der Waals surface area (Å²) in [6.45, 7) is 0.971. The van der Waals surface area contributed by atoms with Crippen LogP contribution < -0.4 is 5.32 Å². The van der Waals surface area contributed by atoms with Gasteiger partial charge in [0.05, 0.1) is 6.10 Å². The molecule has 0 saturated heterocycles. The van der Waals surface area contributed by atoms with E-state index in [0.29, 0.717) is 12.1 Å². The van der Waals surface area contributed by atoms with Crippen molar-refractivity contribution in [3.05, 3.63) is 46.7 Å². The molecule has 1 aliphatic carbocycles. The smallest absolute Gasteiger partial charge is 0.0586 e. The van der Waals surface area contributed by atoms with Crippen molar-refractivity contribution < 1.29 is 4.74 Å². The molecule has 106 valence electrons. The summed E-state index contributed by atoms with van der Waals surface area (Å²) in [6, 6.07) is 13.5. The van der Waals surface area contributed by atoms with E-state index < -0.39 is 0 Å². The van der Waals surface area contributed by atoms with Crippen LogP contribution in [0.15, 0.2) is 41.8 Å². The highest BCUT2D eigenvalue weighted by Crippen LogP contribution is 2.26. The molecule has 1 N–H and O–H groups in total. The second kappa shape index (κ2) is 6.53. The van der Waals surface area contributed by atoms with Crippen LogP contribution in [0.1, 0.15) is 24.1 Å². The van der Waals surface area contributed by atoms with E-state index in [1.165, 1.54) is 28.8 Å². The molecule has 1 aliphatic rings. The Hall–Kier alpha value is -1.16. The first kappa shape index (κ1) is 13.8.